The molecule has 0 unspecified atom stereocenters. The summed E-state index contributed by atoms with van der Waals surface area (Å²) in [6, 6.07) is 6.33. The Hall–Kier alpha value is -1.29. The second-order valence-electron chi connectivity index (χ2n) is 2.02. The van der Waals surface area contributed by atoms with Gasteiger partial charge in [-0.3, -0.25) is 0 Å². The molecule has 2 amide bonds. The molecule has 3 N–H and O–H groups in total. The number of nitrogens with one attached hydrogen (secondary N) is 1. The highest BCUT2D eigenvalue weighted by Crippen LogP contribution is 2.12. The number of nitrogens with two attached hydrogens (primary N) is 1. The molecule has 1 aromatic carbocycles. The van der Waals surface area contributed by atoms with Crippen LogP contribution in [0.25, 0.3) is 0 Å². The Balaban J connectivity index is 2.79. The zero-order chi connectivity index (χ0) is 8.27. The van der Waals surface area contributed by atoms with Crippen molar-refractivity contribution in [1.29, 1.82) is 0 Å². The summed E-state index contributed by atoms with van der Waals surface area (Å²) in [5, 5.41) is 2.42. The molecule has 0 aliphatic carbocycles. The Morgan fingerprint density at radius 2 is 2.27 bits per heavy atom. The Bertz CT molecular complexity index is 275. The van der Waals surface area contributed by atoms with Gasteiger partial charge in [-0.1, -0.05) is 18.7 Å². The quantitative estimate of drug-likeness (QED) is 0.657. The van der Waals surface area contributed by atoms with Crippen LogP contribution < -0.4 is 11.1 Å². The summed E-state index contributed by atoms with van der Waals surface area (Å²) in [5.41, 5.74) is 5.52. The molecule has 0 bridgehead atoms. The Kier molecular flexibility index (Phi) is 2.28. The molecule has 1 rings (SSSR count). The van der Waals surface area contributed by atoms with Crippen molar-refractivity contribution in [3.8, 4) is 0 Å². The highest BCUT2D eigenvalue weighted by atomic mass is 32.1. The molecule has 0 aromatic heterocycles. The number of carbonyl (C=O) groups excluding carboxylic acids is 1. The second kappa shape index (κ2) is 3.21. The Labute approximate surface area is 70.0 Å². The molecular formula is C7H7N2OS. The number of amides is 2. The lowest BCUT2D eigenvalue weighted by atomic mass is 10.3. The number of anilines is 1. The van der Waals surface area contributed by atoms with Crippen molar-refractivity contribution in [2.75, 3.05) is 5.32 Å². The number of hydrogen-bond donors (Lipinski definition) is 2. The van der Waals surface area contributed by atoms with Gasteiger partial charge in [-0.2, -0.15) is 0 Å². The summed E-state index contributed by atoms with van der Waals surface area (Å²) in [5.74, 6) is 0. The number of benzene rings is 1. The smallest absolute Gasteiger partial charge is 0.316 e. The summed E-state index contributed by atoms with van der Waals surface area (Å²) >= 11 is 4.86. The van der Waals surface area contributed by atoms with Crippen LogP contribution in [0.3, 0.4) is 0 Å². The molecule has 11 heavy (non-hydrogen) atoms. The van der Waals surface area contributed by atoms with Crippen molar-refractivity contribution < 1.29 is 4.79 Å². The van der Waals surface area contributed by atoms with Gasteiger partial charge in [0.15, 0.2) is 0 Å². The van der Waals surface area contributed by atoms with E-state index in [0.29, 0.717) is 10.6 Å². The fourth-order valence-electron chi connectivity index (χ4n) is 0.716. The van der Waals surface area contributed by atoms with Crippen molar-refractivity contribution >= 4 is 24.3 Å². The van der Waals surface area contributed by atoms with E-state index in [1.54, 1.807) is 24.3 Å². The van der Waals surface area contributed by atoms with E-state index in [0.717, 1.165) is 0 Å². The topological polar surface area (TPSA) is 55.1 Å². The highest BCUT2D eigenvalue weighted by Gasteiger charge is 1.94. The first kappa shape index (κ1) is 7.81. The van der Waals surface area contributed by atoms with Gasteiger partial charge >= 0.3 is 6.03 Å². The van der Waals surface area contributed by atoms with Crippen LogP contribution in [-0.4, -0.2) is 6.03 Å². The zero-order valence-corrected chi connectivity index (χ0v) is 6.52. The average molecular weight is 167 g/mol. The summed E-state index contributed by atoms with van der Waals surface area (Å²) in [4.78, 5) is 11.0. The highest BCUT2D eigenvalue weighted by molar-refractivity contribution is 7.80. The van der Waals surface area contributed by atoms with Crippen molar-refractivity contribution in [2.45, 2.75) is 4.90 Å². The van der Waals surface area contributed by atoms with Gasteiger partial charge in [0.05, 0.1) is 0 Å². The van der Waals surface area contributed by atoms with E-state index in [4.69, 9.17) is 18.4 Å². The van der Waals surface area contributed by atoms with Crippen LogP contribution in [0, 0.1) is 0 Å². The molecule has 0 heterocycles. The van der Waals surface area contributed by atoms with Crippen molar-refractivity contribution in [3.63, 3.8) is 0 Å². The lowest BCUT2D eigenvalue weighted by molar-refractivity contribution is 0.259. The van der Waals surface area contributed by atoms with Gasteiger partial charge in [0.2, 0.25) is 0 Å². The standard InChI is InChI=1S/C7H7N2OS/c8-7(10)9-5-2-1-3-6(11)4-5/h1-4H,(H3,8,9,10). The maximum absolute atomic E-state index is 10.4. The maximum atomic E-state index is 10.4. The van der Waals surface area contributed by atoms with Crippen molar-refractivity contribution in [2.24, 2.45) is 5.73 Å². The van der Waals surface area contributed by atoms with Crippen molar-refractivity contribution in [1.82, 2.24) is 0 Å². The van der Waals surface area contributed by atoms with E-state index in [1.165, 1.54) is 0 Å². The third kappa shape index (κ3) is 2.43. The molecule has 57 valence electrons. The largest absolute Gasteiger partial charge is 0.351 e. The molecule has 0 spiro atoms. The van der Waals surface area contributed by atoms with Gasteiger partial charge in [-0.25, -0.2) is 4.79 Å². The molecule has 0 aliphatic heterocycles. The predicted molar refractivity (Wildman–Crippen MR) is 45.5 cm³/mol. The minimum atomic E-state index is -0.578. The van der Waals surface area contributed by atoms with Gasteiger partial charge in [0.25, 0.3) is 0 Å². The molecule has 0 fully saturated rings. The normalized spacial score (nSPS) is 9.09. The lowest BCUT2D eigenvalue weighted by Crippen LogP contribution is -2.19. The van der Waals surface area contributed by atoms with Crippen molar-refractivity contribution in [3.05, 3.63) is 24.3 Å². The van der Waals surface area contributed by atoms with E-state index in [-0.39, 0.29) is 0 Å². The molecule has 1 aromatic rings. The number of carbonyl (C=O) groups is 1. The summed E-state index contributed by atoms with van der Waals surface area (Å²) < 4.78 is 0. The summed E-state index contributed by atoms with van der Waals surface area (Å²) in [6.07, 6.45) is 0. The first-order valence-electron chi connectivity index (χ1n) is 3.02. The predicted octanol–water partition coefficient (Wildman–Crippen LogP) is 1.73. The van der Waals surface area contributed by atoms with E-state index < -0.39 is 6.03 Å². The van der Waals surface area contributed by atoms with Crippen LogP contribution in [0.2, 0.25) is 0 Å². The van der Waals surface area contributed by atoms with Gasteiger partial charge in [-0.15, -0.1) is 0 Å². The van der Waals surface area contributed by atoms with Gasteiger partial charge in [0.1, 0.15) is 0 Å². The minimum Gasteiger partial charge on any atom is -0.351 e. The molecule has 0 saturated carbocycles. The molecule has 4 heteroatoms. The number of rotatable bonds is 1. The summed E-state index contributed by atoms with van der Waals surface area (Å²) in [7, 11) is 0. The second-order valence-corrected chi connectivity index (χ2v) is 2.49. The van der Waals surface area contributed by atoms with Crippen LogP contribution in [0.1, 0.15) is 0 Å². The van der Waals surface area contributed by atoms with E-state index in [1.807, 2.05) is 0 Å². The van der Waals surface area contributed by atoms with Gasteiger partial charge in [0, 0.05) is 10.6 Å². The zero-order valence-electron chi connectivity index (χ0n) is 5.70. The van der Waals surface area contributed by atoms with Crippen LogP contribution in [0.15, 0.2) is 29.2 Å². The Morgan fingerprint density at radius 3 is 2.82 bits per heavy atom. The Morgan fingerprint density at radius 1 is 1.55 bits per heavy atom. The van der Waals surface area contributed by atoms with Gasteiger partial charge < -0.3 is 11.1 Å². The molecule has 0 saturated heterocycles. The third-order valence-corrected chi connectivity index (χ3v) is 1.36. The first-order valence-corrected chi connectivity index (χ1v) is 3.43. The number of primary amides is 1. The summed E-state index contributed by atoms with van der Waals surface area (Å²) in [6.45, 7) is 0. The fourth-order valence-corrected chi connectivity index (χ4v) is 0.922. The van der Waals surface area contributed by atoms with Crippen LogP contribution in [-0.2, 0) is 0 Å². The SMILES string of the molecule is NC(=O)Nc1cccc([S])c1. The van der Waals surface area contributed by atoms with Gasteiger partial charge in [-0.05, 0) is 18.2 Å². The molecule has 0 aliphatic rings. The van der Waals surface area contributed by atoms with E-state index in [2.05, 4.69) is 5.32 Å². The molecule has 0 atom stereocenters. The lowest BCUT2D eigenvalue weighted by Gasteiger charge is -1.99. The van der Waals surface area contributed by atoms with E-state index >= 15 is 0 Å². The van der Waals surface area contributed by atoms with E-state index in [9.17, 15) is 4.79 Å². The average Bonchev–Trinajstić information content (AvgIpc) is 1.85. The number of urea groups is 1. The fraction of sp³-hybridized carbons (Fsp3) is 0. The van der Waals surface area contributed by atoms with Crippen LogP contribution in [0.4, 0.5) is 10.5 Å². The third-order valence-electron chi connectivity index (χ3n) is 1.10. The van der Waals surface area contributed by atoms with Crippen LogP contribution in [0.5, 0.6) is 0 Å². The van der Waals surface area contributed by atoms with Crippen LogP contribution >= 0.6 is 12.6 Å². The monoisotopic (exact) mass is 167 g/mol. The minimum absolute atomic E-state index is 0.578. The number of hydrogen-bond acceptors (Lipinski definition) is 1. The molecular weight excluding hydrogens is 160 g/mol. The molecule has 3 nitrogen and oxygen atoms in total. The molecule has 1 radical (unpaired) electrons. The maximum Gasteiger partial charge on any atom is 0.316 e. The first-order chi connectivity index (χ1) is 5.18.